The van der Waals surface area contributed by atoms with E-state index in [-0.39, 0.29) is 12.1 Å². The molecule has 1 aliphatic rings. The molecule has 1 atom stereocenters. The quantitative estimate of drug-likeness (QED) is 0.435. The number of nitrogens with one attached hydrogen (secondary N) is 3. The minimum absolute atomic E-state index is 0.0766. The average Bonchev–Trinajstić information content (AvgIpc) is 3.28. The predicted molar refractivity (Wildman–Crippen MR) is 126 cm³/mol. The molecule has 0 radical (unpaired) electrons. The van der Waals surface area contributed by atoms with Crippen LogP contribution in [0, 0.1) is 0 Å². The Labute approximate surface area is 191 Å². The molecule has 0 bridgehead atoms. The van der Waals surface area contributed by atoms with Gasteiger partial charge in [0, 0.05) is 36.1 Å². The fourth-order valence-electron chi connectivity index (χ4n) is 3.88. The van der Waals surface area contributed by atoms with Crippen LogP contribution >= 0.6 is 0 Å². The van der Waals surface area contributed by atoms with Crippen molar-refractivity contribution in [3.05, 3.63) is 72.3 Å². The zero-order chi connectivity index (χ0) is 22.6. The van der Waals surface area contributed by atoms with E-state index in [1.807, 2.05) is 35.0 Å². The first-order chi connectivity index (χ1) is 16.2. The lowest BCUT2D eigenvalue weighted by atomic mass is 10.1. The van der Waals surface area contributed by atoms with E-state index in [4.69, 9.17) is 9.84 Å². The Morgan fingerprint density at radius 1 is 1.18 bits per heavy atom. The van der Waals surface area contributed by atoms with E-state index >= 15 is 0 Å². The molecule has 1 aromatic carbocycles. The number of rotatable bonds is 5. The highest BCUT2D eigenvalue weighted by atomic mass is 16.5. The van der Waals surface area contributed by atoms with E-state index in [0.717, 1.165) is 47.7 Å². The Hall–Kier alpha value is -3.82. The Balaban J connectivity index is 1.41. The van der Waals surface area contributed by atoms with E-state index in [1.165, 1.54) is 0 Å². The van der Waals surface area contributed by atoms with Crippen LogP contribution in [0.1, 0.15) is 24.3 Å². The summed E-state index contributed by atoms with van der Waals surface area (Å²) >= 11 is 0. The molecule has 33 heavy (non-hydrogen) atoms. The second kappa shape index (κ2) is 9.35. The van der Waals surface area contributed by atoms with Gasteiger partial charge in [-0.3, -0.25) is 4.98 Å². The van der Waals surface area contributed by atoms with Gasteiger partial charge in [-0.05, 0) is 36.8 Å². The summed E-state index contributed by atoms with van der Waals surface area (Å²) in [6.45, 7) is 4.34. The molecule has 0 saturated carbocycles. The topological polar surface area (TPSA) is 105 Å². The third-order valence-electron chi connectivity index (χ3n) is 5.56. The summed E-state index contributed by atoms with van der Waals surface area (Å²) in [5.41, 5.74) is 5.96. The van der Waals surface area contributed by atoms with E-state index in [2.05, 4.69) is 38.9 Å². The number of nitrogens with zero attached hydrogens (tertiary/aromatic N) is 4. The number of carbonyl (C=O) groups is 1. The number of morpholine rings is 1. The minimum atomic E-state index is -0.328. The first kappa shape index (κ1) is 21.0. The van der Waals surface area contributed by atoms with Crippen LogP contribution in [0.2, 0.25) is 0 Å². The zero-order valence-corrected chi connectivity index (χ0v) is 18.3. The van der Waals surface area contributed by atoms with Crippen molar-refractivity contribution in [2.24, 2.45) is 0 Å². The third-order valence-corrected chi connectivity index (χ3v) is 5.56. The first-order valence-electron chi connectivity index (χ1n) is 11.0. The molecule has 1 unspecified atom stereocenters. The molecule has 5 rings (SSSR count). The molecular weight excluding hydrogens is 418 g/mol. The molecule has 168 valence electrons. The van der Waals surface area contributed by atoms with E-state index in [0.29, 0.717) is 18.0 Å². The number of aryl methyl sites for hydroxylation is 1. The number of pyridine rings is 1. The highest BCUT2D eigenvalue weighted by Gasteiger charge is 2.22. The van der Waals surface area contributed by atoms with Crippen molar-refractivity contribution in [2.75, 3.05) is 30.3 Å². The molecule has 0 spiro atoms. The van der Waals surface area contributed by atoms with Gasteiger partial charge in [0.1, 0.15) is 0 Å². The maximum atomic E-state index is 12.3. The molecular formula is C24H25N7O2. The summed E-state index contributed by atoms with van der Waals surface area (Å²) in [6, 6.07) is 12.9. The van der Waals surface area contributed by atoms with Crippen LogP contribution in [0.15, 0.2) is 61.1 Å². The number of fused-ring (bicyclic) bond motifs is 1. The van der Waals surface area contributed by atoms with Crippen LogP contribution in [0.5, 0.6) is 0 Å². The van der Waals surface area contributed by atoms with Gasteiger partial charge < -0.3 is 20.7 Å². The standard InChI is InChI=1S/C24H25N7O2/c1-2-19-14-27-23-20(22-15-26-10-11-33-22)12-21(30-31(19)23)16-5-7-17(8-6-16)28-24(32)29-18-4-3-9-25-13-18/h3-9,12-14,22,26H,2,10-11,15H2,1H3,(H2,28,29,32). The number of benzene rings is 1. The number of aromatic nitrogens is 4. The highest BCUT2D eigenvalue weighted by Crippen LogP contribution is 2.28. The molecule has 9 nitrogen and oxygen atoms in total. The van der Waals surface area contributed by atoms with Gasteiger partial charge in [-0.25, -0.2) is 14.3 Å². The second-order valence-corrected chi connectivity index (χ2v) is 7.79. The molecule has 1 aliphatic heterocycles. The number of amides is 2. The zero-order valence-electron chi connectivity index (χ0n) is 18.3. The molecule has 3 aromatic heterocycles. The lowest BCUT2D eigenvalue weighted by Gasteiger charge is -2.24. The maximum absolute atomic E-state index is 12.3. The van der Waals surface area contributed by atoms with Crippen LogP contribution in [-0.4, -0.2) is 45.3 Å². The molecule has 4 heterocycles. The van der Waals surface area contributed by atoms with Gasteiger partial charge >= 0.3 is 6.03 Å². The summed E-state index contributed by atoms with van der Waals surface area (Å²) in [5, 5.41) is 13.8. The van der Waals surface area contributed by atoms with Crippen LogP contribution < -0.4 is 16.0 Å². The summed E-state index contributed by atoms with van der Waals surface area (Å²) in [7, 11) is 0. The van der Waals surface area contributed by atoms with Gasteiger partial charge in [-0.15, -0.1) is 0 Å². The largest absolute Gasteiger partial charge is 0.371 e. The van der Waals surface area contributed by atoms with Crippen molar-refractivity contribution >= 4 is 23.1 Å². The van der Waals surface area contributed by atoms with Gasteiger partial charge in [-0.1, -0.05) is 19.1 Å². The predicted octanol–water partition coefficient (Wildman–Crippen LogP) is 3.66. The first-order valence-corrected chi connectivity index (χ1v) is 11.0. The van der Waals surface area contributed by atoms with Crippen LogP contribution in [0.4, 0.5) is 16.2 Å². The van der Waals surface area contributed by atoms with E-state index in [9.17, 15) is 4.79 Å². The molecule has 1 fully saturated rings. The fourth-order valence-corrected chi connectivity index (χ4v) is 3.88. The summed E-state index contributed by atoms with van der Waals surface area (Å²) in [4.78, 5) is 20.9. The normalized spacial score (nSPS) is 16.0. The van der Waals surface area contributed by atoms with E-state index < -0.39 is 0 Å². The van der Waals surface area contributed by atoms with Gasteiger partial charge in [-0.2, -0.15) is 5.10 Å². The Bertz CT molecular complexity index is 1250. The number of anilines is 2. The van der Waals surface area contributed by atoms with Gasteiger partial charge in [0.05, 0.1) is 42.2 Å². The highest BCUT2D eigenvalue weighted by molar-refractivity contribution is 5.99. The fraction of sp³-hybridized carbons (Fsp3) is 0.250. The monoisotopic (exact) mass is 443 g/mol. The Morgan fingerprint density at radius 2 is 2.03 bits per heavy atom. The lowest BCUT2D eigenvalue weighted by Crippen LogP contribution is -2.33. The average molecular weight is 444 g/mol. The van der Waals surface area contributed by atoms with Crippen molar-refractivity contribution in [1.29, 1.82) is 0 Å². The number of hydrogen-bond donors (Lipinski definition) is 3. The Kier molecular flexibility index (Phi) is 5.97. The third kappa shape index (κ3) is 4.55. The van der Waals surface area contributed by atoms with Gasteiger partial charge in [0.25, 0.3) is 0 Å². The van der Waals surface area contributed by atoms with Crippen molar-refractivity contribution in [3.63, 3.8) is 0 Å². The molecule has 3 N–H and O–H groups in total. The molecule has 4 aromatic rings. The number of imidazole rings is 1. The van der Waals surface area contributed by atoms with E-state index in [1.54, 1.807) is 24.5 Å². The number of ether oxygens (including phenoxy) is 1. The van der Waals surface area contributed by atoms with Crippen molar-refractivity contribution in [1.82, 2.24) is 24.9 Å². The number of urea groups is 1. The number of hydrogen-bond acceptors (Lipinski definition) is 6. The van der Waals surface area contributed by atoms with Crippen LogP contribution in [0.3, 0.4) is 0 Å². The second-order valence-electron chi connectivity index (χ2n) is 7.79. The smallest absolute Gasteiger partial charge is 0.323 e. The molecule has 1 saturated heterocycles. The summed E-state index contributed by atoms with van der Waals surface area (Å²) in [6.07, 6.45) is 5.87. The minimum Gasteiger partial charge on any atom is -0.371 e. The number of carbonyl (C=O) groups excluding carboxylic acids is 1. The lowest BCUT2D eigenvalue weighted by molar-refractivity contribution is 0.0282. The summed E-state index contributed by atoms with van der Waals surface area (Å²) < 4.78 is 7.93. The van der Waals surface area contributed by atoms with Crippen LogP contribution in [0.25, 0.3) is 16.9 Å². The van der Waals surface area contributed by atoms with Crippen LogP contribution in [-0.2, 0) is 11.2 Å². The summed E-state index contributed by atoms with van der Waals surface area (Å²) in [5.74, 6) is 0. The van der Waals surface area contributed by atoms with Gasteiger partial charge in [0.2, 0.25) is 0 Å². The molecule has 0 aliphatic carbocycles. The maximum Gasteiger partial charge on any atom is 0.323 e. The van der Waals surface area contributed by atoms with Crippen molar-refractivity contribution < 1.29 is 9.53 Å². The SMILES string of the molecule is CCc1cnc2c(C3CNCCO3)cc(-c3ccc(NC(=O)Nc4cccnc4)cc3)nn12. The molecule has 2 amide bonds. The molecule has 9 heteroatoms. The van der Waals surface area contributed by atoms with Gasteiger partial charge in [0.15, 0.2) is 5.65 Å². The van der Waals surface area contributed by atoms with Crippen molar-refractivity contribution in [2.45, 2.75) is 19.4 Å². The van der Waals surface area contributed by atoms with Crippen molar-refractivity contribution in [3.8, 4) is 11.3 Å². The Morgan fingerprint density at radius 3 is 2.76 bits per heavy atom.